The van der Waals surface area contributed by atoms with Crippen molar-refractivity contribution in [3.05, 3.63) is 81.2 Å². The number of Topliss-reactive ketones (excluding diaryl/α,β-unsaturated/α-hetero) is 1. The topological polar surface area (TPSA) is 59.8 Å². The fraction of sp³-hybridized carbons (Fsp3) is 0.227. The van der Waals surface area contributed by atoms with Crippen LogP contribution in [0.15, 0.2) is 69.4 Å². The molecule has 1 atom stereocenters. The Balaban J connectivity index is 1.51. The van der Waals surface area contributed by atoms with Gasteiger partial charge in [0.2, 0.25) is 11.1 Å². The van der Waals surface area contributed by atoms with Crippen molar-refractivity contribution in [2.75, 3.05) is 5.32 Å². The van der Waals surface area contributed by atoms with Crippen molar-refractivity contribution in [3.63, 3.8) is 0 Å². The highest BCUT2D eigenvalue weighted by atomic mass is 79.9. The Morgan fingerprint density at radius 3 is 2.77 bits per heavy atom. The summed E-state index contributed by atoms with van der Waals surface area (Å²) in [6.07, 6.45) is 2.20. The van der Waals surface area contributed by atoms with Gasteiger partial charge in [-0.1, -0.05) is 58.0 Å². The summed E-state index contributed by atoms with van der Waals surface area (Å²) in [5.74, 6) is 0.971. The van der Waals surface area contributed by atoms with E-state index in [1.165, 1.54) is 17.8 Å². The van der Waals surface area contributed by atoms with E-state index in [0.29, 0.717) is 28.8 Å². The Morgan fingerprint density at radius 1 is 1.17 bits per heavy atom. The number of nitrogens with zero attached hydrogens (tertiary/aromatic N) is 3. The molecule has 5 rings (SSSR count). The van der Waals surface area contributed by atoms with Gasteiger partial charge in [-0.25, -0.2) is 9.07 Å². The molecule has 5 nitrogen and oxygen atoms in total. The minimum absolute atomic E-state index is 0.151. The number of thioether (sulfide) groups is 1. The molecular weight excluding hydrogens is 467 g/mol. The van der Waals surface area contributed by atoms with Crippen LogP contribution in [0.2, 0.25) is 0 Å². The molecule has 0 bridgehead atoms. The monoisotopic (exact) mass is 484 g/mol. The molecule has 1 N–H and O–H groups in total. The predicted octanol–water partition coefficient (Wildman–Crippen LogP) is 5.49. The van der Waals surface area contributed by atoms with Gasteiger partial charge in [0, 0.05) is 27.9 Å². The lowest BCUT2D eigenvalue weighted by Gasteiger charge is -2.32. The van der Waals surface area contributed by atoms with Crippen molar-refractivity contribution >= 4 is 39.4 Å². The molecule has 2 aliphatic rings. The SMILES string of the molecule is O=C1CCCC2=C1C(c1ccc(Br)cc1)n1nc(SCc3ccccc3F)nc1N2. The largest absolute Gasteiger partial charge is 0.328 e. The van der Waals surface area contributed by atoms with Crippen LogP contribution in [0.3, 0.4) is 0 Å². The van der Waals surface area contributed by atoms with Crippen molar-refractivity contribution in [1.29, 1.82) is 0 Å². The lowest BCUT2D eigenvalue weighted by molar-refractivity contribution is -0.116. The molecule has 0 spiro atoms. The summed E-state index contributed by atoms with van der Waals surface area (Å²) in [5, 5.41) is 8.56. The van der Waals surface area contributed by atoms with Crippen LogP contribution in [0, 0.1) is 5.82 Å². The first kappa shape index (κ1) is 19.5. The highest BCUT2D eigenvalue weighted by molar-refractivity contribution is 9.10. The highest BCUT2D eigenvalue weighted by Crippen LogP contribution is 2.41. The number of benzene rings is 2. The number of fused-ring (bicyclic) bond motifs is 1. The zero-order valence-electron chi connectivity index (χ0n) is 15.9. The molecule has 1 aliphatic heterocycles. The van der Waals surface area contributed by atoms with Crippen LogP contribution in [0.1, 0.15) is 36.4 Å². The second-order valence-electron chi connectivity index (χ2n) is 7.29. The summed E-state index contributed by atoms with van der Waals surface area (Å²) >= 11 is 4.86. The van der Waals surface area contributed by atoms with Gasteiger partial charge in [-0.2, -0.15) is 4.98 Å². The predicted molar refractivity (Wildman–Crippen MR) is 118 cm³/mol. The van der Waals surface area contributed by atoms with E-state index in [4.69, 9.17) is 0 Å². The van der Waals surface area contributed by atoms with E-state index >= 15 is 0 Å². The molecule has 2 heterocycles. The number of carbonyl (C=O) groups is 1. The van der Waals surface area contributed by atoms with Crippen LogP contribution in [0.4, 0.5) is 10.3 Å². The Labute approximate surface area is 185 Å². The number of aromatic nitrogens is 3. The average molecular weight is 485 g/mol. The third-order valence-corrected chi connectivity index (χ3v) is 6.76. The third-order valence-electron chi connectivity index (χ3n) is 5.35. The molecule has 30 heavy (non-hydrogen) atoms. The van der Waals surface area contributed by atoms with Crippen molar-refractivity contribution in [3.8, 4) is 0 Å². The minimum atomic E-state index is -0.313. The van der Waals surface area contributed by atoms with Gasteiger partial charge in [-0.15, -0.1) is 5.10 Å². The van der Waals surface area contributed by atoms with Gasteiger partial charge in [0.15, 0.2) is 5.78 Å². The number of nitrogens with one attached hydrogen (secondary N) is 1. The van der Waals surface area contributed by atoms with Gasteiger partial charge in [0.1, 0.15) is 11.9 Å². The van der Waals surface area contributed by atoms with E-state index in [-0.39, 0.29) is 17.6 Å². The molecule has 2 aromatic carbocycles. The zero-order valence-corrected chi connectivity index (χ0v) is 18.3. The minimum Gasteiger partial charge on any atom is -0.328 e. The molecule has 1 unspecified atom stereocenters. The Morgan fingerprint density at radius 2 is 1.97 bits per heavy atom. The molecule has 1 aromatic heterocycles. The normalized spacial score (nSPS) is 18.1. The number of halogens is 2. The van der Waals surface area contributed by atoms with Gasteiger partial charge < -0.3 is 5.32 Å². The summed E-state index contributed by atoms with van der Waals surface area (Å²) in [4.78, 5) is 17.5. The van der Waals surface area contributed by atoms with Crippen molar-refractivity contribution in [1.82, 2.24) is 14.8 Å². The molecule has 0 fully saturated rings. The van der Waals surface area contributed by atoms with E-state index in [2.05, 4.69) is 31.3 Å². The Kier molecular flexibility index (Phi) is 5.20. The number of hydrogen-bond donors (Lipinski definition) is 1. The number of carbonyl (C=O) groups excluding carboxylic acids is 1. The summed E-state index contributed by atoms with van der Waals surface area (Å²) in [7, 11) is 0. The maximum Gasteiger partial charge on any atom is 0.227 e. The second-order valence-corrected chi connectivity index (χ2v) is 9.15. The second kappa shape index (κ2) is 8.00. The van der Waals surface area contributed by atoms with Crippen LogP contribution < -0.4 is 5.32 Å². The molecule has 3 aromatic rings. The van der Waals surface area contributed by atoms with E-state index in [9.17, 15) is 9.18 Å². The van der Waals surface area contributed by atoms with E-state index in [0.717, 1.165) is 34.1 Å². The van der Waals surface area contributed by atoms with Crippen LogP contribution in [-0.4, -0.2) is 20.5 Å². The third kappa shape index (κ3) is 3.58. The van der Waals surface area contributed by atoms with Gasteiger partial charge in [-0.05, 0) is 42.2 Å². The fourth-order valence-corrected chi connectivity index (χ4v) is 4.99. The summed E-state index contributed by atoms with van der Waals surface area (Å²) in [6.45, 7) is 0. The van der Waals surface area contributed by atoms with Gasteiger partial charge >= 0.3 is 0 Å². The van der Waals surface area contributed by atoms with Gasteiger partial charge in [-0.3, -0.25) is 4.79 Å². The van der Waals surface area contributed by atoms with Gasteiger partial charge in [0.05, 0.1) is 0 Å². The maximum atomic E-state index is 14.0. The number of rotatable bonds is 4. The molecule has 0 radical (unpaired) electrons. The van der Waals surface area contributed by atoms with Crippen LogP contribution in [-0.2, 0) is 10.5 Å². The molecule has 0 saturated carbocycles. The van der Waals surface area contributed by atoms with E-state index in [1.807, 2.05) is 30.3 Å². The first-order valence-electron chi connectivity index (χ1n) is 9.71. The fourth-order valence-electron chi connectivity index (χ4n) is 3.91. The number of anilines is 1. The lowest BCUT2D eigenvalue weighted by Crippen LogP contribution is -2.31. The Hall–Kier alpha value is -2.45. The molecular formula is C22H18BrFN4OS. The average Bonchev–Trinajstić information content (AvgIpc) is 3.15. The molecule has 8 heteroatoms. The number of ketones is 1. The standard InChI is InChI=1S/C22H18BrFN4OS/c23-15-10-8-13(9-11-15)20-19-17(6-3-7-18(19)29)25-21-26-22(27-28(20)21)30-12-14-4-1-2-5-16(14)24/h1-2,4-5,8-11,20H,3,6-7,12H2,(H,25,26,27). The highest BCUT2D eigenvalue weighted by Gasteiger charge is 2.36. The summed E-state index contributed by atoms with van der Waals surface area (Å²) in [6, 6.07) is 14.3. The van der Waals surface area contributed by atoms with Crippen molar-refractivity contribution in [2.45, 2.75) is 36.2 Å². The molecule has 152 valence electrons. The van der Waals surface area contributed by atoms with Crippen molar-refractivity contribution < 1.29 is 9.18 Å². The smallest absolute Gasteiger partial charge is 0.227 e. The van der Waals surface area contributed by atoms with Crippen molar-refractivity contribution in [2.24, 2.45) is 0 Å². The lowest BCUT2D eigenvalue weighted by atomic mass is 9.85. The number of allylic oxidation sites excluding steroid dienone is 2. The first-order chi connectivity index (χ1) is 14.6. The maximum absolute atomic E-state index is 14.0. The van der Waals surface area contributed by atoms with E-state index in [1.54, 1.807) is 16.8 Å². The summed E-state index contributed by atoms with van der Waals surface area (Å²) < 4.78 is 16.7. The first-order valence-corrected chi connectivity index (χ1v) is 11.5. The molecule has 0 saturated heterocycles. The van der Waals surface area contributed by atoms with Crippen LogP contribution in [0.25, 0.3) is 0 Å². The summed E-state index contributed by atoms with van der Waals surface area (Å²) in [5.41, 5.74) is 3.30. The zero-order chi connectivity index (χ0) is 20.7. The molecule has 1 aliphatic carbocycles. The van der Waals surface area contributed by atoms with Gasteiger partial charge in [0.25, 0.3) is 0 Å². The van der Waals surface area contributed by atoms with Crippen LogP contribution in [0.5, 0.6) is 0 Å². The quantitative estimate of drug-likeness (QED) is 0.495. The Bertz CT molecular complexity index is 1160. The molecule has 0 amide bonds. The van der Waals surface area contributed by atoms with E-state index < -0.39 is 0 Å². The number of hydrogen-bond acceptors (Lipinski definition) is 5. The van der Waals surface area contributed by atoms with Crippen LogP contribution >= 0.6 is 27.7 Å².